The third-order valence-corrected chi connectivity index (χ3v) is 10.1. The van der Waals surface area contributed by atoms with E-state index in [1.54, 1.807) is 19.1 Å². The first-order chi connectivity index (χ1) is 14.0. The molecule has 0 saturated heterocycles. The number of ketones is 1. The molecule has 0 heterocycles. The fourth-order valence-corrected chi connectivity index (χ4v) is 8.54. The smallest absolute Gasteiger partial charge is 0.303 e. The van der Waals surface area contributed by atoms with Crippen molar-refractivity contribution in [3.63, 3.8) is 0 Å². The maximum atomic E-state index is 12.1. The highest BCUT2D eigenvalue weighted by molar-refractivity contribution is 8.14. The number of hydrogen-bond donors (Lipinski definition) is 2. The van der Waals surface area contributed by atoms with E-state index in [-0.39, 0.29) is 51.7 Å². The standard InChI is InChI=1S/C24H32O5S/c1-14(25)30-19-13-15-12-16(26)4-8-22(15,2)17-5-9-23(3)18(21(17)19)6-10-24(23,29)11-7-20(27)28/h4,8,12,17-19,21,29H,5-7,9-11,13H2,1-3H3,(H,27,28)/t17?,18?,19?,21?,22-,23-,24?/m0/s1. The Kier molecular flexibility index (Phi) is 5.33. The molecule has 164 valence electrons. The third kappa shape index (κ3) is 3.22. The molecule has 4 aliphatic carbocycles. The number of carbonyl (C=O) groups is 3. The minimum Gasteiger partial charge on any atom is -0.481 e. The Labute approximate surface area is 182 Å². The summed E-state index contributed by atoms with van der Waals surface area (Å²) in [6, 6.07) is 0. The zero-order chi connectivity index (χ0) is 21.9. The molecular formula is C24H32O5S. The Balaban J connectivity index is 1.72. The molecule has 4 aliphatic rings. The number of carbonyl (C=O) groups excluding carboxylic acids is 2. The van der Waals surface area contributed by atoms with Gasteiger partial charge < -0.3 is 10.2 Å². The Morgan fingerprint density at radius 1 is 1.20 bits per heavy atom. The molecule has 0 bridgehead atoms. The summed E-state index contributed by atoms with van der Waals surface area (Å²) in [5.74, 6) is -0.0189. The van der Waals surface area contributed by atoms with Crippen LogP contribution in [0.2, 0.25) is 0 Å². The lowest BCUT2D eigenvalue weighted by Gasteiger charge is -2.60. The van der Waals surface area contributed by atoms with Crippen LogP contribution in [0.1, 0.15) is 65.7 Å². The lowest BCUT2D eigenvalue weighted by atomic mass is 9.47. The van der Waals surface area contributed by atoms with E-state index in [1.165, 1.54) is 11.8 Å². The van der Waals surface area contributed by atoms with E-state index in [0.29, 0.717) is 12.3 Å². The molecule has 4 rings (SSSR count). The minimum atomic E-state index is -0.970. The normalized spacial score (nSPS) is 44.7. The molecule has 0 amide bonds. The molecule has 0 aromatic carbocycles. The van der Waals surface area contributed by atoms with Crippen molar-refractivity contribution in [1.82, 2.24) is 0 Å². The Morgan fingerprint density at radius 2 is 1.90 bits per heavy atom. The van der Waals surface area contributed by atoms with Crippen molar-refractivity contribution in [3.05, 3.63) is 23.8 Å². The summed E-state index contributed by atoms with van der Waals surface area (Å²) in [4.78, 5) is 35.4. The van der Waals surface area contributed by atoms with E-state index in [0.717, 1.165) is 31.3 Å². The molecule has 2 N–H and O–H groups in total. The Morgan fingerprint density at radius 3 is 2.57 bits per heavy atom. The van der Waals surface area contributed by atoms with Gasteiger partial charge in [-0.2, -0.15) is 0 Å². The summed E-state index contributed by atoms with van der Waals surface area (Å²) in [6.07, 6.45) is 9.76. The number of allylic oxidation sites excluding steroid dienone is 4. The van der Waals surface area contributed by atoms with Gasteiger partial charge in [-0.05, 0) is 73.8 Å². The predicted octanol–water partition coefficient (Wildman–Crippen LogP) is 4.15. The molecule has 5 unspecified atom stereocenters. The summed E-state index contributed by atoms with van der Waals surface area (Å²) < 4.78 is 0. The number of aliphatic hydroxyl groups is 1. The van der Waals surface area contributed by atoms with E-state index in [1.807, 2.05) is 0 Å². The van der Waals surface area contributed by atoms with Gasteiger partial charge >= 0.3 is 5.97 Å². The first kappa shape index (κ1) is 21.8. The molecule has 3 saturated carbocycles. The second kappa shape index (κ2) is 7.33. The first-order valence-electron chi connectivity index (χ1n) is 11.1. The highest BCUT2D eigenvalue weighted by Crippen LogP contribution is 2.68. The molecule has 0 aromatic heterocycles. The second-order valence-corrected chi connectivity index (χ2v) is 11.7. The van der Waals surface area contributed by atoms with Crippen molar-refractivity contribution in [2.24, 2.45) is 28.6 Å². The molecule has 0 radical (unpaired) electrons. The molecule has 5 nitrogen and oxygen atoms in total. The molecule has 0 aromatic rings. The van der Waals surface area contributed by atoms with Gasteiger partial charge in [-0.15, -0.1) is 0 Å². The van der Waals surface area contributed by atoms with Gasteiger partial charge in [-0.1, -0.05) is 37.3 Å². The van der Waals surface area contributed by atoms with Crippen LogP contribution in [0.5, 0.6) is 0 Å². The van der Waals surface area contributed by atoms with Gasteiger partial charge in [0.25, 0.3) is 0 Å². The summed E-state index contributed by atoms with van der Waals surface area (Å²) in [6.45, 7) is 5.97. The van der Waals surface area contributed by atoms with Gasteiger partial charge in [0, 0.05) is 24.0 Å². The monoisotopic (exact) mass is 432 g/mol. The summed E-state index contributed by atoms with van der Waals surface area (Å²) in [5, 5.41) is 21.0. The van der Waals surface area contributed by atoms with Gasteiger partial charge in [-0.3, -0.25) is 14.4 Å². The maximum absolute atomic E-state index is 12.1. The van der Waals surface area contributed by atoms with E-state index in [4.69, 9.17) is 0 Å². The number of fused-ring (bicyclic) bond motifs is 5. The first-order valence-corrected chi connectivity index (χ1v) is 11.9. The molecular weight excluding hydrogens is 400 g/mol. The largest absolute Gasteiger partial charge is 0.481 e. The molecule has 6 heteroatoms. The van der Waals surface area contributed by atoms with Crippen molar-refractivity contribution in [3.8, 4) is 0 Å². The number of carboxylic acids is 1. The zero-order valence-corrected chi connectivity index (χ0v) is 18.8. The minimum absolute atomic E-state index is 0.0199. The molecule has 30 heavy (non-hydrogen) atoms. The summed E-state index contributed by atoms with van der Waals surface area (Å²) in [7, 11) is 0. The molecule has 0 spiro atoms. The summed E-state index contributed by atoms with van der Waals surface area (Å²) in [5.41, 5.74) is -0.361. The number of aliphatic carboxylic acids is 1. The lowest BCUT2D eigenvalue weighted by molar-refractivity contribution is -0.145. The van der Waals surface area contributed by atoms with Crippen LogP contribution in [0.25, 0.3) is 0 Å². The average Bonchev–Trinajstić information content (AvgIpc) is 2.93. The van der Waals surface area contributed by atoms with Crippen molar-refractivity contribution in [2.75, 3.05) is 0 Å². The number of hydrogen-bond acceptors (Lipinski definition) is 5. The lowest BCUT2D eigenvalue weighted by Crippen LogP contribution is -2.57. The quantitative estimate of drug-likeness (QED) is 0.693. The van der Waals surface area contributed by atoms with Gasteiger partial charge in [0.2, 0.25) is 0 Å². The van der Waals surface area contributed by atoms with Crippen LogP contribution in [0.3, 0.4) is 0 Å². The van der Waals surface area contributed by atoms with Crippen molar-refractivity contribution in [1.29, 1.82) is 0 Å². The van der Waals surface area contributed by atoms with Gasteiger partial charge in [0.15, 0.2) is 10.9 Å². The Bertz CT molecular complexity index is 847. The van der Waals surface area contributed by atoms with E-state index in [2.05, 4.69) is 19.9 Å². The van der Waals surface area contributed by atoms with Crippen LogP contribution in [-0.4, -0.2) is 37.9 Å². The number of thioether (sulfide) groups is 1. The van der Waals surface area contributed by atoms with Crippen LogP contribution in [0.15, 0.2) is 23.8 Å². The van der Waals surface area contributed by atoms with Crippen LogP contribution in [-0.2, 0) is 14.4 Å². The van der Waals surface area contributed by atoms with Crippen LogP contribution < -0.4 is 0 Å². The SMILES string of the molecule is CC(=O)SC1CC2=CC(=O)C=C[C@]2(C)C2CC[C@@]3(C)C(CCC3(O)CCC(=O)O)C12. The molecule has 0 aliphatic heterocycles. The third-order valence-electron chi connectivity index (χ3n) is 8.95. The second-order valence-electron chi connectivity index (χ2n) is 10.3. The summed E-state index contributed by atoms with van der Waals surface area (Å²) >= 11 is 1.39. The highest BCUT2D eigenvalue weighted by atomic mass is 32.2. The maximum Gasteiger partial charge on any atom is 0.303 e. The average molecular weight is 433 g/mol. The van der Waals surface area contributed by atoms with Crippen LogP contribution in [0.4, 0.5) is 0 Å². The van der Waals surface area contributed by atoms with Gasteiger partial charge in [-0.25, -0.2) is 0 Å². The fourth-order valence-electron chi connectivity index (χ4n) is 7.31. The van der Waals surface area contributed by atoms with Crippen molar-refractivity contribution < 1.29 is 24.6 Å². The van der Waals surface area contributed by atoms with Crippen molar-refractivity contribution >= 4 is 28.6 Å². The number of rotatable bonds is 4. The predicted molar refractivity (Wildman–Crippen MR) is 116 cm³/mol. The van der Waals surface area contributed by atoms with Crippen LogP contribution >= 0.6 is 11.8 Å². The molecule has 7 atom stereocenters. The van der Waals surface area contributed by atoms with Gasteiger partial charge in [0.1, 0.15) is 0 Å². The van der Waals surface area contributed by atoms with Crippen molar-refractivity contribution in [2.45, 2.75) is 76.6 Å². The van der Waals surface area contributed by atoms with Crippen LogP contribution in [0, 0.1) is 28.6 Å². The van der Waals surface area contributed by atoms with Gasteiger partial charge in [0.05, 0.1) is 5.60 Å². The zero-order valence-electron chi connectivity index (χ0n) is 18.0. The number of carboxylic acid groups (broad SMARTS) is 1. The topological polar surface area (TPSA) is 91.7 Å². The van der Waals surface area contributed by atoms with E-state index >= 15 is 0 Å². The van der Waals surface area contributed by atoms with E-state index < -0.39 is 11.6 Å². The molecule has 3 fully saturated rings. The highest BCUT2D eigenvalue weighted by Gasteiger charge is 2.65. The fraction of sp³-hybridized carbons (Fsp3) is 0.708. The van der Waals surface area contributed by atoms with E-state index in [9.17, 15) is 24.6 Å². The Hall–Kier alpha value is -1.40.